The summed E-state index contributed by atoms with van der Waals surface area (Å²) in [5.41, 5.74) is -0.957. The number of benzene rings is 1. The maximum Gasteiger partial charge on any atom is 0.281 e. The van der Waals surface area contributed by atoms with E-state index in [4.69, 9.17) is 9.84 Å². The van der Waals surface area contributed by atoms with Crippen LogP contribution in [-0.4, -0.2) is 49.1 Å². The highest BCUT2D eigenvalue weighted by Crippen LogP contribution is 2.29. The second-order valence-electron chi connectivity index (χ2n) is 9.09. The minimum absolute atomic E-state index is 0.000633. The van der Waals surface area contributed by atoms with Gasteiger partial charge in [-0.25, -0.2) is 13.1 Å². The third kappa shape index (κ3) is 8.19. The summed E-state index contributed by atoms with van der Waals surface area (Å²) in [6, 6.07) is 7.60. The fourth-order valence-corrected chi connectivity index (χ4v) is 5.09. The van der Waals surface area contributed by atoms with Crippen molar-refractivity contribution in [1.82, 2.24) is 9.29 Å². The lowest BCUT2D eigenvalue weighted by Gasteiger charge is -2.15. The van der Waals surface area contributed by atoms with Crippen LogP contribution in [0.4, 0.5) is 11.4 Å². The zero-order valence-corrected chi connectivity index (χ0v) is 22.5. The van der Waals surface area contributed by atoms with Crippen molar-refractivity contribution in [3.8, 4) is 11.9 Å². The van der Waals surface area contributed by atoms with Crippen LogP contribution in [0, 0.1) is 24.2 Å². The zero-order chi connectivity index (χ0) is 27.6. The van der Waals surface area contributed by atoms with E-state index in [9.17, 15) is 23.6 Å². The summed E-state index contributed by atoms with van der Waals surface area (Å²) in [4.78, 5) is 13.0. The Morgan fingerprint density at radius 2 is 1.86 bits per heavy atom. The van der Waals surface area contributed by atoms with Crippen LogP contribution in [0.1, 0.15) is 51.2 Å². The summed E-state index contributed by atoms with van der Waals surface area (Å²) in [6.45, 7) is 7.24. The maximum absolute atomic E-state index is 13.1. The molecule has 1 heterocycles. The standard InChI is InChI=1S/C25H35N5O6S/c1-17(2)8-7-9-18(3)29-37(34,35)22-11-6-5-10-21(22)27-28-23-19(4)20(16-26)24(32)30(25(23)33)12-14-36-15-13-31/h5-6,10-11,17-18,29,31-32H,7-9,12-15H2,1-4H3. The second kappa shape index (κ2) is 14.0. The van der Waals surface area contributed by atoms with Crippen molar-refractivity contribution < 1.29 is 23.4 Å². The SMILES string of the molecule is Cc1c(C#N)c(O)n(CCOCCO)c(=O)c1N=Nc1ccccc1S(=O)(=O)NC(C)CCCC(C)C. The molecule has 0 saturated heterocycles. The number of pyridine rings is 1. The van der Waals surface area contributed by atoms with Crippen LogP contribution in [0.5, 0.6) is 5.88 Å². The van der Waals surface area contributed by atoms with Gasteiger partial charge in [0.05, 0.1) is 26.4 Å². The van der Waals surface area contributed by atoms with Crippen LogP contribution in [0.3, 0.4) is 0 Å². The Kier molecular flexibility index (Phi) is 11.4. The van der Waals surface area contributed by atoms with Crippen LogP contribution >= 0.6 is 0 Å². The molecule has 37 heavy (non-hydrogen) atoms. The van der Waals surface area contributed by atoms with Crippen molar-refractivity contribution >= 4 is 21.4 Å². The number of ether oxygens (including phenoxy) is 1. The molecule has 3 N–H and O–H groups in total. The third-order valence-electron chi connectivity index (χ3n) is 5.65. The monoisotopic (exact) mass is 533 g/mol. The number of aliphatic hydroxyl groups is 1. The predicted molar refractivity (Wildman–Crippen MR) is 139 cm³/mol. The molecule has 2 rings (SSSR count). The Morgan fingerprint density at radius 1 is 1.16 bits per heavy atom. The Bertz CT molecular complexity index is 1300. The lowest BCUT2D eigenvalue weighted by Crippen LogP contribution is -2.32. The number of hydrogen-bond donors (Lipinski definition) is 3. The molecular formula is C25H35N5O6S. The summed E-state index contributed by atoms with van der Waals surface area (Å²) in [7, 11) is -3.93. The van der Waals surface area contributed by atoms with Gasteiger partial charge in [-0.05, 0) is 38.3 Å². The maximum atomic E-state index is 13.1. The molecule has 0 saturated carbocycles. The summed E-state index contributed by atoms with van der Waals surface area (Å²) in [6.07, 6.45) is 2.58. The van der Waals surface area contributed by atoms with Gasteiger partial charge in [0.2, 0.25) is 15.9 Å². The fourth-order valence-electron chi connectivity index (χ4n) is 3.68. The molecule has 0 aliphatic carbocycles. The van der Waals surface area contributed by atoms with Crippen molar-refractivity contribution in [2.45, 2.75) is 64.4 Å². The average molecular weight is 534 g/mol. The van der Waals surface area contributed by atoms with E-state index in [0.29, 0.717) is 12.3 Å². The van der Waals surface area contributed by atoms with Gasteiger partial charge in [-0.1, -0.05) is 38.8 Å². The van der Waals surface area contributed by atoms with Crippen molar-refractivity contribution in [2.24, 2.45) is 16.1 Å². The summed E-state index contributed by atoms with van der Waals surface area (Å²) >= 11 is 0. The first-order valence-corrected chi connectivity index (χ1v) is 13.6. The Morgan fingerprint density at radius 3 is 2.51 bits per heavy atom. The molecule has 12 heteroatoms. The van der Waals surface area contributed by atoms with Crippen LogP contribution < -0.4 is 10.3 Å². The number of nitrogens with one attached hydrogen (secondary N) is 1. The molecule has 0 spiro atoms. The number of nitriles is 1. The van der Waals surface area contributed by atoms with Gasteiger partial charge in [-0.2, -0.15) is 5.26 Å². The van der Waals surface area contributed by atoms with Gasteiger partial charge >= 0.3 is 0 Å². The average Bonchev–Trinajstić information content (AvgIpc) is 2.83. The number of aromatic nitrogens is 1. The lowest BCUT2D eigenvalue weighted by molar-refractivity contribution is 0.0854. The molecule has 1 unspecified atom stereocenters. The van der Waals surface area contributed by atoms with Crippen molar-refractivity contribution in [2.75, 3.05) is 19.8 Å². The van der Waals surface area contributed by atoms with E-state index >= 15 is 0 Å². The normalized spacial score (nSPS) is 12.8. The molecule has 1 aromatic carbocycles. The largest absolute Gasteiger partial charge is 0.493 e. The van der Waals surface area contributed by atoms with Crippen LogP contribution in [0.25, 0.3) is 0 Å². The minimum Gasteiger partial charge on any atom is -0.493 e. The highest BCUT2D eigenvalue weighted by molar-refractivity contribution is 7.89. The van der Waals surface area contributed by atoms with E-state index in [1.54, 1.807) is 19.1 Å². The topological polar surface area (TPSA) is 166 Å². The summed E-state index contributed by atoms with van der Waals surface area (Å²) < 4.78 is 34.9. The minimum atomic E-state index is -3.93. The highest BCUT2D eigenvalue weighted by atomic mass is 32.2. The molecule has 0 fully saturated rings. The quantitative estimate of drug-likeness (QED) is 0.246. The van der Waals surface area contributed by atoms with Gasteiger partial charge in [-0.3, -0.25) is 9.36 Å². The van der Waals surface area contributed by atoms with Gasteiger partial charge < -0.3 is 14.9 Å². The second-order valence-corrected chi connectivity index (χ2v) is 10.8. The first-order chi connectivity index (χ1) is 17.5. The fraction of sp³-hybridized carbons (Fsp3) is 0.520. The molecule has 0 amide bonds. The number of aromatic hydroxyl groups is 1. The zero-order valence-electron chi connectivity index (χ0n) is 21.6. The number of azo groups is 1. The summed E-state index contributed by atoms with van der Waals surface area (Å²) in [5.74, 6) is 0.00248. The first kappa shape index (κ1) is 30.1. The Balaban J connectivity index is 2.40. The Labute approximate surface area is 217 Å². The molecule has 202 valence electrons. The molecule has 0 aliphatic rings. The number of sulfonamides is 1. The molecule has 0 aliphatic heterocycles. The van der Waals surface area contributed by atoms with Gasteiger partial charge in [0, 0.05) is 11.6 Å². The number of rotatable bonds is 14. The van der Waals surface area contributed by atoms with Gasteiger partial charge in [0.15, 0.2) is 5.69 Å². The van der Waals surface area contributed by atoms with E-state index < -0.39 is 21.5 Å². The predicted octanol–water partition coefficient (Wildman–Crippen LogP) is 3.65. The van der Waals surface area contributed by atoms with Gasteiger partial charge in [-0.15, -0.1) is 10.2 Å². The summed E-state index contributed by atoms with van der Waals surface area (Å²) in [5, 5.41) is 36.8. The third-order valence-corrected chi connectivity index (χ3v) is 7.29. The molecule has 0 radical (unpaired) electrons. The van der Waals surface area contributed by atoms with E-state index in [2.05, 4.69) is 28.8 Å². The number of nitrogens with zero attached hydrogens (tertiary/aromatic N) is 4. The Hall–Kier alpha value is -3.11. The van der Waals surface area contributed by atoms with Crippen LogP contribution in [-0.2, 0) is 21.3 Å². The van der Waals surface area contributed by atoms with Gasteiger partial charge in [0.1, 0.15) is 22.2 Å². The van der Waals surface area contributed by atoms with E-state index in [0.717, 1.165) is 17.4 Å². The van der Waals surface area contributed by atoms with E-state index in [1.807, 2.05) is 6.07 Å². The molecule has 2 aromatic rings. The molecule has 1 atom stereocenters. The molecular weight excluding hydrogens is 498 g/mol. The first-order valence-electron chi connectivity index (χ1n) is 12.1. The van der Waals surface area contributed by atoms with Gasteiger partial charge in [0.25, 0.3) is 5.56 Å². The molecule has 1 aromatic heterocycles. The number of hydrogen-bond acceptors (Lipinski definition) is 9. The van der Waals surface area contributed by atoms with E-state index in [1.165, 1.54) is 19.1 Å². The van der Waals surface area contributed by atoms with Crippen molar-refractivity contribution in [3.63, 3.8) is 0 Å². The highest BCUT2D eigenvalue weighted by Gasteiger charge is 2.22. The van der Waals surface area contributed by atoms with Crippen LogP contribution in [0.2, 0.25) is 0 Å². The molecule has 0 bridgehead atoms. The van der Waals surface area contributed by atoms with Crippen molar-refractivity contribution in [1.29, 1.82) is 5.26 Å². The van der Waals surface area contributed by atoms with Crippen LogP contribution in [0.15, 0.2) is 44.2 Å². The smallest absolute Gasteiger partial charge is 0.281 e. The van der Waals surface area contributed by atoms with E-state index in [-0.39, 0.29) is 59.8 Å². The molecule has 11 nitrogen and oxygen atoms in total. The number of aliphatic hydroxyl groups excluding tert-OH is 1. The van der Waals surface area contributed by atoms with Crippen molar-refractivity contribution in [3.05, 3.63) is 45.7 Å². The lowest BCUT2D eigenvalue weighted by atomic mass is 10.0.